The van der Waals surface area contributed by atoms with Gasteiger partial charge in [-0.05, 0) is 0 Å². The number of hydrogen-bond acceptors (Lipinski definition) is 0. The maximum atomic E-state index is 6.15. The zero-order valence-electron chi connectivity index (χ0n) is 2.28. The fraction of sp³-hybridized carbons (Fsp3) is 0. The van der Waals surface area contributed by atoms with Crippen molar-refractivity contribution in [2.24, 2.45) is 0 Å². The Labute approximate surface area is 25.4 Å². The van der Waals surface area contributed by atoms with Gasteiger partial charge < -0.3 is 5.73 Å². The lowest BCUT2D eigenvalue weighted by Crippen LogP contribution is -1.38. The van der Waals surface area contributed by atoms with E-state index in [0.717, 1.165) is 6.20 Å². The average molecular weight is 54.1 g/mol. The lowest BCUT2D eigenvalue weighted by molar-refractivity contribution is 1.54. The van der Waals surface area contributed by atoms with E-state index in [2.05, 4.69) is 12.3 Å². The van der Waals surface area contributed by atoms with Crippen molar-refractivity contribution in [1.82, 2.24) is 5.73 Å². The molecule has 4 heavy (non-hydrogen) atoms. The molecule has 0 aliphatic heterocycles. The standard InChI is InChI=1S/C3H4N/c1-2-3-4/h3-4H,1H2. The van der Waals surface area contributed by atoms with E-state index in [1.165, 1.54) is 0 Å². The summed E-state index contributed by atoms with van der Waals surface area (Å²) in [6.07, 6.45) is 1.01. The Bertz CT molecular complexity index is 41.2. The van der Waals surface area contributed by atoms with E-state index in [-0.39, 0.29) is 0 Å². The largest absolute Gasteiger partial charge is 0.300 e. The van der Waals surface area contributed by atoms with Crippen LogP contribution in [0.2, 0.25) is 0 Å². The second-order valence-electron chi connectivity index (χ2n) is 0.348. The highest BCUT2D eigenvalue weighted by molar-refractivity contribution is 4.64. The molecule has 21 valence electrons. The molecule has 1 N–H and O–H groups in total. The fourth-order valence-electron chi connectivity index (χ4n) is 0. The molecule has 1 nitrogen and oxygen atoms in total. The molecule has 0 heterocycles. The Kier molecular flexibility index (Phi) is 1.93. The predicted octanol–water partition coefficient (Wildman–Crippen LogP) is 0.568. The van der Waals surface area contributed by atoms with Crippen molar-refractivity contribution in [2.75, 3.05) is 0 Å². The van der Waals surface area contributed by atoms with Gasteiger partial charge in [-0.2, -0.15) is 0 Å². The van der Waals surface area contributed by atoms with Crippen LogP contribution in [0.1, 0.15) is 0 Å². The third-order valence-corrected chi connectivity index (χ3v) is 0.102. The third-order valence-electron chi connectivity index (χ3n) is 0.102. The Morgan fingerprint density at radius 2 is 2.25 bits per heavy atom. The molecule has 0 aliphatic carbocycles. The quantitative estimate of drug-likeness (QED) is 0.361. The highest BCUT2D eigenvalue weighted by atomic mass is 14.5. The lowest BCUT2D eigenvalue weighted by atomic mass is 10.9. The van der Waals surface area contributed by atoms with Gasteiger partial charge in [0.1, 0.15) is 0 Å². The maximum Gasteiger partial charge on any atom is 0.0590 e. The molecule has 0 spiro atoms. The van der Waals surface area contributed by atoms with Crippen LogP contribution in [0.3, 0.4) is 0 Å². The van der Waals surface area contributed by atoms with E-state index in [1.807, 2.05) is 0 Å². The molecule has 0 aromatic rings. The van der Waals surface area contributed by atoms with Crippen molar-refractivity contribution in [2.45, 2.75) is 0 Å². The minimum Gasteiger partial charge on any atom is -0.300 e. The smallest absolute Gasteiger partial charge is 0.0590 e. The lowest BCUT2D eigenvalue weighted by Gasteiger charge is -1.40. The summed E-state index contributed by atoms with van der Waals surface area (Å²) < 4.78 is 0. The second-order valence-corrected chi connectivity index (χ2v) is 0.348. The summed E-state index contributed by atoms with van der Waals surface area (Å²) in [5.74, 6) is 0. The fourth-order valence-corrected chi connectivity index (χ4v) is 0. The van der Waals surface area contributed by atoms with Crippen molar-refractivity contribution in [3.8, 4) is 0 Å². The van der Waals surface area contributed by atoms with E-state index < -0.39 is 0 Å². The van der Waals surface area contributed by atoms with E-state index in [9.17, 15) is 0 Å². The van der Waals surface area contributed by atoms with Gasteiger partial charge in [0, 0.05) is 0 Å². The van der Waals surface area contributed by atoms with Crippen LogP contribution in [0, 0.1) is 0 Å². The molecule has 1 radical (unpaired) electrons. The van der Waals surface area contributed by atoms with Crippen molar-refractivity contribution in [3.05, 3.63) is 18.5 Å². The summed E-state index contributed by atoms with van der Waals surface area (Å²) in [6, 6.07) is 0. The first kappa shape index (κ1) is 3.32. The maximum absolute atomic E-state index is 6.15. The Morgan fingerprint density at radius 1 is 2.00 bits per heavy atom. The topological polar surface area (TPSA) is 23.8 Å². The summed E-state index contributed by atoms with van der Waals surface area (Å²) in [4.78, 5) is 0. The van der Waals surface area contributed by atoms with Gasteiger partial charge >= 0.3 is 0 Å². The Balaban J connectivity index is 3.11. The van der Waals surface area contributed by atoms with Crippen LogP contribution in [0.4, 0.5) is 0 Å². The van der Waals surface area contributed by atoms with Gasteiger partial charge in [-0.15, -0.1) is 5.73 Å². The van der Waals surface area contributed by atoms with Crippen LogP contribution in [-0.2, 0) is 0 Å². The van der Waals surface area contributed by atoms with Gasteiger partial charge in [-0.25, -0.2) is 0 Å². The van der Waals surface area contributed by atoms with Gasteiger partial charge in [0.2, 0.25) is 0 Å². The van der Waals surface area contributed by atoms with Crippen LogP contribution < -0.4 is 5.73 Å². The summed E-state index contributed by atoms with van der Waals surface area (Å²) in [6.45, 7) is 3.11. The summed E-state index contributed by atoms with van der Waals surface area (Å²) in [7, 11) is 0. The third kappa shape index (κ3) is 1.32. The molecular formula is C3H4N. The van der Waals surface area contributed by atoms with E-state index in [0.29, 0.717) is 0 Å². The first-order valence-electron chi connectivity index (χ1n) is 0.931. The first-order chi connectivity index (χ1) is 1.91. The molecule has 0 bridgehead atoms. The number of rotatable bonds is 0. The molecule has 0 fully saturated rings. The molecule has 0 saturated heterocycles. The minimum atomic E-state index is 1.01. The summed E-state index contributed by atoms with van der Waals surface area (Å²) in [5.41, 5.74) is 8.38. The van der Waals surface area contributed by atoms with Crippen molar-refractivity contribution in [1.29, 1.82) is 0 Å². The SMILES string of the molecule is C=C=C[NH]. The monoisotopic (exact) mass is 54.0 g/mol. The normalized spacial score (nSPS) is 4.00. The minimum absolute atomic E-state index is 1.01. The van der Waals surface area contributed by atoms with E-state index >= 15 is 0 Å². The van der Waals surface area contributed by atoms with Crippen LogP contribution in [0.5, 0.6) is 0 Å². The zero-order valence-corrected chi connectivity index (χ0v) is 2.28. The Morgan fingerprint density at radius 3 is 2.25 bits per heavy atom. The van der Waals surface area contributed by atoms with Crippen LogP contribution in [0.25, 0.3) is 0 Å². The van der Waals surface area contributed by atoms with E-state index in [4.69, 9.17) is 5.73 Å². The Hall–Kier alpha value is -0.680. The van der Waals surface area contributed by atoms with E-state index in [1.54, 1.807) is 0 Å². The molecule has 0 amide bonds. The highest BCUT2D eigenvalue weighted by Gasteiger charge is 1.24. The van der Waals surface area contributed by atoms with Crippen molar-refractivity contribution in [3.63, 3.8) is 0 Å². The molecule has 0 unspecified atom stereocenters. The molecule has 1 heteroatoms. The van der Waals surface area contributed by atoms with Gasteiger partial charge in [0.05, 0.1) is 6.20 Å². The predicted molar refractivity (Wildman–Crippen MR) is 16.8 cm³/mol. The molecule has 0 saturated carbocycles. The van der Waals surface area contributed by atoms with Crippen LogP contribution >= 0.6 is 0 Å². The molecule has 0 rings (SSSR count). The molecule has 0 aromatic heterocycles. The van der Waals surface area contributed by atoms with Crippen LogP contribution in [0.15, 0.2) is 18.5 Å². The number of hydrogen-bond donors (Lipinski definition) is 0. The van der Waals surface area contributed by atoms with Gasteiger partial charge in [0.25, 0.3) is 0 Å². The molecule has 0 aliphatic rings. The van der Waals surface area contributed by atoms with Gasteiger partial charge in [0.15, 0.2) is 0 Å². The second kappa shape index (κ2) is 2.32. The van der Waals surface area contributed by atoms with Crippen LogP contribution in [-0.4, -0.2) is 0 Å². The number of nitrogens with one attached hydrogen (secondary N) is 1. The van der Waals surface area contributed by atoms with Gasteiger partial charge in [-0.3, -0.25) is 0 Å². The van der Waals surface area contributed by atoms with Gasteiger partial charge in [-0.1, -0.05) is 6.58 Å². The van der Waals surface area contributed by atoms with Crippen molar-refractivity contribution >= 4 is 0 Å². The first-order valence-corrected chi connectivity index (χ1v) is 0.931. The average Bonchev–Trinajstić information content (AvgIpc) is 1.37. The zero-order chi connectivity index (χ0) is 3.41. The molecule has 0 atom stereocenters. The molecule has 0 aromatic carbocycles. The molecular weight excluding hydrogens is 50.0 g/mol. The highest BCUT2D eigenvalue weighted by Crippen LogP contribution is 1.35. The van der Waals surface area contributed by atoms with Crippen molar-refractivity contribution < 1.29 is 0 Å². The summed E-state index contributed by atoms with van der Waals surface area (Å²) in [5, 5.41) is 0. The summed E-state index contributed by atoms with van der Waals surface area (Å²) >= 11 is 0.